The normalized spacial score (nSPS) is 13.7. The molecule has 1 aliphatic carbocycles. The molecule has 0 atom stereocenters. The summed E-state index contributed by atoms with van der Waals surface area (Å²) in [5, 5.41) is 3.37. The van der Waals surface area contributed by atoms with Crippen LogP contribution in [-0.4, -0.2) is 35.3 Å². The van der Waals surface area contributed by atoms with Gasteiger partial charge in [0.1, 0.15) is 11.4 Å². The molecule has 1 amide bonds. The number of aryl methyl sites for hydroxylation is 4. The summed E-state index contributed by atoms with van der Waals surface area (Å²) in [7, 11) is 1.57. The van der Waals surface area contributed by atoms with Crippen LogP contribution in [0.5, 0.6) is 0 Å². The number of rotatable bonds is 6. The first-order chi connectivity index (χ1) is 15.4. The maximum absolute atomic E-state index is 13.7. The Hall–Kier alpha value is -2.71. The molecule has 4 rings (SSSR count). The van der Waals surface area contributed by atoms with Crippen molar-refractivity contribution in [2.45, 2.75) is 52.5 Å². The molecule has 7 nitrogen and oxygen atoms in total. The minimum Gasteiger partial charge on any atom is -0.383 e. The molecular weight excluding hydrogens is 426 g/mol. The number of methoxy groups -OCH3 is 1. The van der Waals surface area contributed by atoms with E-state index >= 15 is 0 Å². The van der Waals surface area contributed by atoms with Crippen LogP contribution in [0.3, 0.4) is 0 Å². The average Bonchev–Trinajstić information content (AvgIpc) is 2.96. The number of hydrogen-bond donors (Lipinski definition) is 1. The van der Waals surface area contributed by atoms with Crippen LogP contribution in [0.15, 0.2) is 27.8 Å². The van der Waals surface area contributed by atoms with Gasteiger partial charge in [-0.1, -0.05) is 12.5 Å². The highest BCUT2D eigenvalue weighted by atomic mass is 32.1. The fourth-order valence-corrected chi connectivity index (χ4v) is 5.64. The fraction of sp³-hybridized carbons (Fsp3) is 0.458. The van der Waals surface area contributed by atoms with E-state index in [4.69, 9.17) is 4.74 Å². The van der Waals surface area contributed by atoms with Crippen molar-refractivity contribution in [3.8, 4) is 5.69 Å². The van der Waals surface area contributed by atoms with Crippen molar-refractivity contribution >= 4 is 27.5 Å². The number of carbonyl (C=O) groups excluding carboxylic acids is 1. The van der Waals surface area contributed by atoms with Gasteiger partial charge in [-0.15, -0.1) is 11.3 Å². The number of fused-ring (bicyclic) bond motifs is 3. The number of benzene rings is 1. The Balaban J connectivity index is 1.94. The van der Waals surface area contributed by atoms with Crippen molar-refractivity contribution in [2.75, 3.05) is 20.3 Å². The average molecular weight is 456 g/mol. The number of carbonyl (C=O) groups is 1. The van der Waals surface area contributed by atoms with Crippen molar-refractivity contribution in [1.29, 1.82) is 0 Å². The van der Waals surface area contributed by atoms with Gasteiger partial charge in [0.15, 0.2) is 0 Å². The summed E-state index contributed by atoms with van der Waals surface area (Å²) >= 11 is 1.49. The van der Waals surface area contributed by atoms with Crippen LogP contribution in [0, 0.1) is 13.8 Å². The SMILES string of the molecule is COCCNC(=O)Cn1c(=O)n(-c2ccc(C)c(C)c2)c(=O)c2c3c(sc21)CCCCC3. The van der Waals surface area contributed by atoms with E-state index in [0.29, 0.717) is 29.1 Å². The Morgan fingerprint density at radius 2 is 1.91 bits per heavy atom. The van der Waals surface area contributed by atoms with Crippen LogP contribution in [0.25, 0.3) is 15.9 Å². The second-order valence-electron chi connectivity index (χ2n) is 8.37. The molecule has 0 unspecified atom stereocenters. The Morgan fingerprint density at radius 3 is 2.66 bits per heavy atom. The first kappa shape index (κ1) is 22.5. The molecule has 8 heteroatoms. The van der Waals surface area contributed by atoms with Gasteiger partial charge in [-0.25, -0.2) is 9.36 Å². The summed E-state index contributed by atoms with van der Waals surface area (Å²) in [6.07, 6.45) is 4.98. The first-order valence-electron chi connectivity index (χ1n) is 11.1. The third kappa shape index (κ3) is 4.17. The third-order valence-corrected chi connectivity index (χ3v) is 7.48. The molecule has 0 bridgehead atoms. The number of nitrogens with one attached hydrogen (secondary N) is 1. The van der Waals surface area contributed by atoms with Gasteiger partial charge < -0.3 is 10.1 Å². The van der Waals surface area contributed by atoms with Gasteiger partial charge in [0, 0.05) is 18.5 Å². The van der Waals surface area contributed by atoms with E-state index in [1.807, 2.05) is 26.0 Å². The zero-order valence-corrected chi connectivity index (χ0v) is 19.6. The summed E-state index contributed by atoms with van der Waals surface area (Å²) in [6, 6.07) is 5.57. The lowest BCUT2D eigenvalue weighted by atomic mass is 10.1. The summed E-state index contributed by atoms with van der Waals surface area (Å²) in [6.45, 7) is 4.58. The molecule has 32 heavy (non-hydrogen) atoms. The Labute approximate surface area is 190 Å². The maximum atomic E-state index is 13.7. The van der Waals surface area contributed by atoms with E-state index in [2.05, 4.69) is 5.32 Å². The number of aromatic nitrogens is 2. The topological polar surface area (TPSA) is 82.3 Å². The largest absolute Gasteiger partial charge is 0.383 e. The van der Waals surface area contributed by atoms with E-state index in [-0.39, 0.29) is 18.0 Å². The van der Waals surface area contributed by atoms with Gasteiger partial charge in [-0.05, 0) is 68.4 Å². The maximum Gasteiger partial charge on any atom is 0.337 e. The number of amides is 1. The Kier molecular flexibility index (Phi) is 6.62. The summed E-state index contributed by atoms with van der Waals surface area (Å²) < 4.78 is 7.69. The molecule has 0 spiro atoms. The molecule has 0 fully saturated rings. The molecule has 0 saturated carbocycles. The lowest BCUT2D eigenvalue weighted by molar-refractivity contribution is -0.121. The monoisotopic (exact) mass is 455 g/mol. The predicted octanol–water partition coefficient (Wildman–Crippen LogP) is 2.86. The molecule has 1 aromatic carbocycles. The molecule has 0 radical (unpaired) electrons. The van der Waals surface area contributed by atoms with Crippen LogP contribution >= 0.6 is 11.3 Å². The highest BCUT2D eigenvalue weighted by Crippen LogP contribution is 2.33. The number of nitrogens with zero attached hydrogens (tertiary/aromatic N) is 2. The van der Waals surface area contributed by atoms with Gasteiger partial charge in [-0.3, -0.25) is 14.2 Å². The van der Waals surface area contributed by atoms with Crippen molar-refractivity contribution < 1.29 is 9.53 Å². The Bertz CT molecular complexity index is 1290. The minimum atomic E-state index is -0.482. The van der Waals surface area contributed by atoms with E-state index in [0.717, 1.165) is 48.8 Å². The van der Waals surface area contributed by atoms with E-state index in [1.54, 1.807) is 13.2 Å². The van der Waals surface area contributed by atoms with Gasteiger partial charge >= 0.3 is 5.69 Å². The molecular formula is C24H29N3O4S. The molecule has 3 aromatic rings. The van der Waals surface area contributed by atoms with Gasteiger partial charge in [0.25, 0.3) is 5.56 Å². The quantitative estimate of drug-likeness (QED) is 0.458. The third-order valence-electron chi connectivity index (χ3n) is 6.17. The van der Waals surface area contributed by atoms with Crippen molar-refractivity contribution in [2.24, 2.45) is 0 Å². The van der Waals surface area contributed by atoms with E-state index in [9.17, 15) is 14.4 Å². The zero-order chi connectivity index (χ0) is 22.8. The van der Waals surface area contributed by atoms with Crippen LogP contribution in [0.4, 0.5) is 0 Å². The van der Waals surface area contributed by atoms with Crippen LogP contribution in [-0.2, 0) is 28.9 Å². The standard InChI is InChI=1S/C24H29N3O4S/c1-15-9-10-17(13-16(15)2)27-22(29)21-18-7-5-4-6-8-19(18)32-23(21)26(24(27)30)14-20(28)25-11-12-31-3/h9-10,13H,4-8,11-12,14H2,1-3H3,(H,25,28). The smallest absolute Gasteiger partial charge is 0.337 e. The molecule has 2 heterocycles. The van der Waals surface area contributed by atoms with Gasteiger partial charge in [0.05, 0.1) is 17.7 Å². The predicted molar refractivity (Wildman–Crippen MR) is 127 cm³/mol. The molecule has 2 aromatic heterocycles. The molecule has 1 aliphatic rings. The van der Waals surface area contributed by atoms with Crippen molar-refractivity contribution in [3.63, 3.8) is 0 Å². The summed E-state index contributed by atoms with van der Waals surface area (Å²) in [5.41, 5.74) is 2.91. The molecule has 0 aliphatic heterocycles. The summed E-state index contributed by atoms with van der Waals surface area (Å²) in [5.74, 6) is -0.278. The van der Waals surface area contributed by atoms with Crippen LogP contribution < -0.4 is 16.6 Å². The van der Waals surface area contributed by atoms with Crippen LogP contribution in [0.2, 0.25) is 0 Å². The Morgan fingerprint density at radius 1 is 1.12 bits per heavy atom. The fourth-order valence-electron chi connectivity index (χ4n) is 4.27. The highest BCUT2D eigenvalue weighted by molar-refractivity contribution is 7.18. The number of hydrogen-bond acceptors (Lipinski definition) is 5. The van der Waals surface area contributed by atoms with E-state index < -0.39 is 5.69 Å². The highest BCUT2D eigenvalue weighted by Gasteiger charge is 2.24. The van der Waals surface area contributed by atoms with Crippen molar-refractivity contribution in [1.82, 2.24) is 14.5 Å². The second kappa shape index (κ2) is 9.42. The van der Waals surface area contributed by atoms with Gasteiger partial charge in [-0.2, -0.15) is 0 Å². The first-order valence-corrected chi connectivity index (χ1v) is 11.9. The number of ether oxygens (including phenoxy) is 1. The van der Waals surface area contributed by atoms with Crippen LogP contribution in [0.1, 0.15) is 40.8 Å². The minimum absolute atomic E-state index is 0.135. The van der Waals surface area contributed by atoms with Gasteiger partial charge in [0.2, 0.25) is 5.91 Å². The van der Waals surface area contributed by atoms with E-state index in [1.165, 1.54) is 25.3 Å². The zero-order valence-electron chi connectivity index (χ0n) is 18.8. The van der Waals surface area contributed by atoms with Crippen molar-refractivity contribution in [3.05, 3.63) is 60.6 Å². The second-order valence-corrected chi connectivity index (χ2v) is 9.45. The molecule has 170 valence electrons. The molecule has 0 saturated heterocycles. The summed E-state index contributed by atoms with van der Waals surface area (Å²) in [4.78, 5) is 41.6. The lowest BCUT2D eigenvalue weighted by Crippen LogP contribution is -2.42. The molecule has 1 N–H and O–H groups in total. The number of thiophene rings is 1. The lowest BCUT2D eigenvalue weighted by Gasteiger charge is -2.14.